The lowest BCUT2D eigenvalue weighted by Crippen LogP contribution is -2.01. The maximum Gasteiger partial charge on any atom is 0.216 e. The van der Waals surface area contributed by atoms with Gasteiger partial charge in [-0.1, -0.05) is 46.3 Å². The van der Waals surface area contributed by atoms with Gasteiger partial charge in [-0.2, -0.15) is 0 Å². The van der Waals surface area contributed by atoms with Crippen molar-refractivity contribution in [2.45, 2.75) is 18.2 Å². The summed E-state index contributed by atoms with van der Waals surface area (Å²) in [6, 6.07) is 12.2. The lowest BCUT2D eigenvalue weighted by Gasteiger charge is -2.10. The largest absolute Gasteiger partial charge is 0.478 e. The van der Waals surface area contributed by atoms with E-state index in [1.54, 1.807) is 6.33 Å². The number of rotatable bonds is 5. The van der Waals surface area contributed by atoms with Gasteiger partial charge in [-0.3, -0.25) is 0 Å². The Morgan fingerprint density at radius 1 is 1.22 bits per heavy atom. The van der Waals surface area contributed by atoms with Crippen LogP contribution in [-0.2, 0) is 6.42 Å². The molecule has 0 spiro atoms. The van der Waals surface area contributed by atoms with Crippen molar-refractivity contribution in [1.29, 1.82) is 0 Å². The second-order valence-corrected chi connectivity index (χ2v) is 4.97. The highest BCUT2D eigenvalue weighted by atomic mass is 79.9. The summed E-state index contributed by atoms with van der Waals surface area (Å²) in [5, 5.41) is 0. The summed E-state index contributed by atoms with van der Waals surface area (Å²) in [6.45, 7) is 2.56. The molecule has 94 valence electrons. The van der Waals surface area contributed by atoms with Crippen LogP contribution in [0, 0.1) is 0 Å². The van der Waals surface area contributed by atoms with E-state index >= 15 is 0 Å². The maximum absolute atomic E-state index is 5.37. The molecular formula is C14H15BrN2O. The van der Waals surface area contributed by atoms with Gasteiger partial charge in [0.05, 0.1) is 6.61 Å². The van der Waals surface area contributed by atoms with Gasteiger partial charge in [0.25, 0.3) is 0 Å². The molecule has 18 heavy (non-hydrogen) atoms. The van der Waals surface area contributed by atoms with Crippen molar-refractivity contribution in [3.8, 4) is 5.88 Å². The number of halogens is 1. The van der Waals surface area contributed by atoms with Gasteiger partial charge in [0.1, 0.15) is 6.33 Å². The Balaban J connectivity index is 2.07. The van der Waals surface area contributed by atoms with Crippen molar-refractivity contribution in [3.05, 3.63) is 54.0 Å². The quantitative estimate of drug-likeness (QED) is 0.792. The van der Waals surface area contributed by atoms with Crippen LogP contribution in [-0.4, -0.2) is 16.6 Å². The van der Waals surface area contributed by atoms with Gasteiger partial charge in [0, 0.05) is 23.0 Å². The molecule has 0 fully saturated rings. The molecule has 0 aliphatic heterocycles. The zero-order valence-electron chi connectivity index (χ0n) is 10.2. The molecule has 0 bridgehead atoms. The first kappa shape index (κ1) is 13.0. The molecule has 1 atom stereocenters. The molecule has 0 saturated heterocycles. The summed E-state index contributed by atoms with van der Waals surface area (Å²) < 4.78 is 5.37. The van der Waals surface area contributed by atoms with E-state index in [0.717, 1.165) is 12.1 Å². The molecular weight excluding hydrogens is 292 g/mol. The molecule has 0 radical (unpaired) electrons. The van der Waals surface area contributed by atoms with Gasteiger partial charge in [-0.05, 0) is 12.5 Å². The number of hydrogen-bond acceptors (Lipinski definition) is 3. The molecule has 2 aromatic rings. The number of benzene rings is 1. The van der Waals surface area contributed by atoms with Gasteiger partial charge in [0.2, 0.25) is 5.88 Å². The lowest BCUT2D eigenvalue weighted by molar-refractivity contribution is 0.325. The van der Waals surface area contributed by atoms with Gasteiger partial charge in [-0.25, -0.2) is 9.97 Å². The number of alkyl halides is 1. The van der Waals surface area contributed by atoms with E-state index in [-0.39, 0.29) is 4.83 Å². The molecule has 0 saturated carbocycles. The second kappa shape index (κ2) is 6.50. The first-order valence-corrected chi connectivity index (χ1v) is 6.84. The molecule has 1 aromatic heterocycles. The summed E-state index contributed by atoms with van der Waals surface area (Å²) in [5.41, 5.74) is 2.22. The van der Waals surface area contributed by atoms with E-state index < -0.39 is 0 Å². The van der Waals surface area contributed by atoms with Crippen LogP contribution in [0.4, 0.5) is 0 Å². The van der Waals surface area contributed by atoms with Gasteiger partial charge >= 0.3 is 0 Å². The Bertz CT molecular complexity index is 490. The molecule has 4 heteroatoms. The monoisotopic (exact) mass is 306 g/mol. The topological polar surface area (TPSA) is 35.0 Å². The van der Waals surface area contributed by atoms with E-state index in [1.165, 1.54) is 5.56 Å². The Morgan fingerprint density at radius 3 is 2.72 bits per heavy atom. The Hall–Kier alpha value is -1.42. The summed E-state index contributed by atoms with van der Waals surface area (Å²) in [6.07, 6.45) is 2.36. The molecule has 3 nitrogen and oxygen atoms in total. The summed E-state index contributed by atoms with van der Waals surface area (Å²) >= 11 is 3.69. The molecule has 0 N–H and O–H groups in total. The van der Waals surface area contributed by atoms with Crippen LogP contribution in [0.3, 0.4) is 0 Å². The Kier molecular flexibility index (Phi) is 4.70. The Morgan fingerprint density at radius 2 is 2.00 bits per heavy atom. The van der Waals surface area contributed by atoms with Crippen LogP contribution in [0.15, 0.2) is 42.7 Å². The SMILES string of the molecule is CCOc1cc(CC(Br)c2ccccc2)ncn1. The third kappa shape index (κ3) is 3.53. The van der Waals surface area contributed by atoms with Gasteiger partial charge in [-0.15, -0.1) is 0 Å². The first-order chi connectivity index (χ1) is 8.79. The van der Waals surface area contributed by atoms with Crippen LogP contribution >= 0.6 is 15.9 Å². The van der Waals surface area contributed by atoms with Crippen molar-refractivity contribution in [1.82, 2.24) is 9.97 Å². The number of aromatic nitrogens is 2. The fourth-order valence-electron chi connectivity index (χ4n) is 1.68. The maximum atomic E-state index is 5.37. The summed E-state index contributed by atoms with van der Waals surface area (Å²) in [7, 11) is 0. The van der Waals surface area contributed by atoms with E-state index in [9.17, 15) is 0 Å². The number of ether oxygens (including phenoxy) is 1. The van der Waals surface area contributed by atoms with E-state index in [2.05, 4.69) is 38.0 Å². The van der Waals surface area contributed by atoms with Crippen LogP contribution in [0.2, 0.25) is 0 Å². The highest BCUT2D eigenvalue weighted by Gasteiger charge is 2.09. The fraction of sp³-hybridized carbons (Fsp3) is 0.286. The minimum atomic E-state index is 0.253. The first-order valence-electron chi connectivity index (χ1n) is 5.92. The second-order valence-electron chi connectivity index (χ2n) is 3.86. The van der Waals surface area contributed by atoms with Crippen molar-refractivity contribution in [2.75, 3.05) is 6.61 Å². The molecule has 0 aliphatic rings. The van der Waals surface area contributed by atoms with Crippen molar-refractivity contribution in [2.24, 2.45) is 0 Å². The average Bonchev–Trinajstić information content (AvgIpc) is 2.40. The van der Waals surface area contributed by atoms with Crippen molar-refractivity contribution in [3.63, 3.8) is 0 Å². The van der Waals surface area contributed by atoms with E-state index in [1.807, 2.05) is 31.2 Å². The highest BCUT2D eigenvalue weighted by Crippen LogP contribution is 2.26. The van der Waals surface area contributed by atoms with Crippen LogP contribution in [0.1, 0.15) is 23.0 Å². The fourth-order valence-corrected chi connectivity index (χ4v) is 2.32. The van der Waals surface area contributed by atoms with E-state index in [4.69, 9.17) is 4.74 Å². The predicted molar refractivity (Wildman–Crippen MR) is 75.0 cm³/mol. The zero-order chi connectivity index (χ0) is 12.8. The molecule has 1 unspecified atom stereocenters. The highest BCUT2D eigenvalue weighted by molar-refractivity contribution is 9.09. The summed E-state index contributed by atoms with van der Waals surface area (Å²) in [5.74, 6) is 0.635. The lowest BCUT2D eigenvalue weighted by atomic mass is 10.1. The average molecular weight is 307 g/mol. The molecule has 1 aromatic carbocycles. The number of hydrogen-bond donors (Lipinski definition) is 0. The van der Waals surface area contributed by atoms with Crippen LogP contribution < -0.4 is 4.74 Å². The minimum Gasteiger partial charge on any atom is -0.478 e. The number of nitrogens with zero attached hydrogens (tertiary/aromatic N) is 2. The van der Waals surface area contributed by atoms with E-state index in [0.29, 0.717) is 12.5 Å². The third-order valence-corrected chi connectivity index (χ3v) is 3.39. The van der Waals surface area contributed by atoms with Crippen molar-refractivity contribution >= 4 is 15.9 Å². The standard InChI is InChI=1S/C14H15BrN2O/c1-2-18-14-9-12(16-10-17-14)8-13(15)11-6-4-3-5-7-11/h3-7,9-10,13H,2,8H2,1H3. The normalized spacial score (nSPS) is 12.1. The molecule has 0 aliphatic carbocycles. The Labute approximate surface area is 115 Å². The predicted octanol–water partition coefficient (Wildman–Crippen LogP) is 3.55. The van der Waals surface area contributed by atoms with Crippen LogP contribution in [0.5, 0.6) is 5.88 Å². The van der Waals surface area contributed by atoms with Crippen LogP contribution in [0.25, 0.3) is 0 Å². The zero-order valence-corrected chi connectivity index (χ0v) is 11.8. The van der Waals surface area contributed by atoms with Gasteiger partial charge < -0.3 is 4.74 Å². The minimum absolute atomic E-state index is 0.253. The summed E-state index contributed by atoms with van der Waals surface area (Å²) in [4.78, 5) is 8.58. The van der Waals surface area contributed by atoms with Crippen molar-refractivity contribution < 1.29 is 4.74 Å². The molecule has 0 amide bonds. The third-order valence-electron chi connectivity index (χ3n) is 2.54. The van der Waals surface area contributed by atoms with Gasteiger partial charge in [0.15, 0.2) is 0 Å². The molecule has 2 rings (SSSR count). The smallest absolute Gasteiger partial charge is 0.216 e. The molecule has 1 heterocycles.